The number of sulfonamides is 1. The van der Waals surface area contributed by atoms with Gasteiger partial charge in [0.25, 0.3) is 5.91 Å². The first kappa shape index (κ1) is 22.8. The number of hydrogen-bond acceptors (Lipinski definition) is 5. The van der Waals surface area contributed by atoms with Crippen LogP contribution in [-0.2, 0) is 14.8 Å². The third kappa shape index (κ3) is 4.52. The van der Waals surface area contributed by atoms with Gasteiger partial charge < -0.3 is 15.0 Å². The van der Waals surface area contributed by atoms with Crippen LogP contribution in [0.5, 0.6) is 0 Å². The lowest BCUT2D eigenvalue weighted by Crippen LogP contribution is -2.40. The molecule has 2 aromatic carbocycles. The summed E-state index contributed by atoms with van der Waals surface area (Å²) in [5, 5.41) is 6.21. The van der Waals surface area contributed by atoms with E-state index < -0.39 is 10.0 Å². The molecule has 1 unspecified atom stereocenters. The van der Waals surface area contributed by atoms with Crippen molar-refractivity contribution >= 4 is 38.2 Å². The van der Waals surface area contributed by atoms with Crippen molar-refractivity contribution in [2.45, 2.75) is 10.8 Å². The number of ether oxygens (including phenoxy) is 1. The highest BCUT2D eigenvalue weighted by Gasteiger charge is 2.26. The summed E-state index contributed by atoms with van der Waals surface area (Å²) >= 11 is 1.66. The standard InChI is InChI=1S/C25H25N3O4S2/c29-25(18-7-9-19(10-8-18)34(30,31)28-11-13-32-14-12-28)27-17-22(24-6-3-15-33-24)21-16-26-23-5-2-1-4-20(21)23/h1-10,15-16,22,26H,11-14,17H2,(H,27,29). The quantitative estimate of drug-likeness (QED) is 0.408. The monoisotopic (exact) mass is 495 g/mol. The van der Waals surface area contributed by atoms with Crippen LogP contribution in [-0.4, -0.2) is 56.5 Å². The maximum absolute atomic E-state index is 12.9. The zero-order chi connectivity index (χ0) is 23.5. The Balaban J connectivity index is 1.32. The predicted molar refractivity (Wildman–Crippen MR) is 133 cm³/mol. The number of aromatic nitrogens is 1. The molecular weight excluding hydrogens is 470 g/mol. The Hall–Kier alpha value is -2.98. The lowest BCUT2D eigenvalue weighted by atomic mass is 9.96. The van der Waals surface area contributed by atoms with Gasteiger partial charge >= 0.3 is 0 Å². The van der Waals surface area contributed by atoms with E-state index in [1.54, 1.807) is 23.5 Å². The second-order valence-electron chi connectivity index (χ2n) is 8.11. The van der Waals surface area contributed by atoms with Crippen LogP contribution >= 0.6 is 11.3 Å². The summed E-state index contributed by atoms with van der Waals surface area (Å²) in [6.45, 7) is 1.88. The molecule has 1 fully saturated rings. The van der Waals surface area contributed by atoms with Gasteiger partial charge in [0.2, 0.25) is 10.0 Å². The molecule has 5 rings (SSSR count). The van der Waals surface area contributed by atoms with E-state index >= 15 is 0 Å². The second kappa shape index (κ2) is 9.71. The minimum absolute atomic E-state index is 0.000992. The fourth-order valence-electron chi connectivity index (χ4n) is 4.25. The summed E-state index contributed by atoms with van der Waals surface area (Å²) in [7, 11) is -3.59. The van der Waals surface area contributed by atoms with Crippen molar-refractivity contribution in [1.82, 2.24) is 14.6 Å². The molecule has 1 atom stereocenters. The van der Waals surface area contributed by atoms with E-state index in [9.17, 15) is 13.2 Å². The van der Waals surface area contributed by atoms with Gasteiger partial charge in [0.15, 0.2) is 0 Å². The second-order valence-corrected chi connectivity index (χ2v) is 11.0. The number of rotatable bonds is 7. The Morgan fingerprint density at radius 3 is 2.56 bits per heavy atom. The summed E-state index contributed by atoms with van der Waals surface area (Å²) in [6, 6.07) is 18.3. The van der Waals surface area contributed by atoms with E-state index in [0.717, 1.165) is 21.3 Å². The molecule has 2 aromatic heterocycles. The van der Waals surface area contributed by atoms with E-state index in [2.05, 4.69) is 22.4 Å². The first-order chi connectivity index (χ1) is 16.5. The molecule has 0 radical (unpaired) electrons. The molecule has 9 heteroatoms. The van der Waals surface area contributed by atoms with E-state index in [4.69, 9.17) is 4.74 Å². The molecule has 1 aliphatic heterocycles. The summed E-state index contributed by atoms with van der Waals surface area (Å²) < 4.78 is 32.3. The predicted octanol–water partition coefficient (Wildman–Crippen LogP) is 3.81. The number of morpholine rings is 1. The van der Waals surface area contributed by atoms with Gasteiger partial charge in [-0.25, -0.2) is 8.42 Å². The number of hydrogen-bond donors (Lipinski definition) is 2. The van der Waals surface area contributed by atoms with E-state index in [1.807, 2.05) is 35.8 Å². The number of aromatic amines is 1. The van der Waals surface area contributed by atoms with Crippen molar-refractivity contribution in [3.05, 3.63) is 88.2 Å². The number of amides is 1. The third-order valence-corrected chi connectivity index (χ3v) is 8.97. The molecule has 0 bridgehead atoms. The molecule has 2 N–H and O–H groups in total. The Bertz CT molecular complexity index is 1370. The Morgan fingerprint density at radius 1 is 1.06 bits per heavy atom. The Kier molecular flexibility index (Phi) is 6.51. The van der Waals surface area contributed by atoms with Gasteiger partial charge in [0, 0.05) is 53.1 Å². The number of H-pyrrole nitrogens is 1. The zero-order valence-corrected chi connectivity index (χ0v) is 20.1. The van der Waals surface area contributed by atoms with Crippen LogP contribution in [0, 0.1) is 0 Å². The van der Waals surface area contributed by atoms with Crippen molar-refractivity contribution in [2.75, 3.05) is 32.8 Å². The zero-order valence-electron chi connectivity index (χ0n) is 18.4. The van der Waals surface area contributed by atoms with Gasteiger partial charge in [-0.3, -0.25) is 4.79 Å². The number of nitrogens with zero attached hydrogens (tertiary/aromatic N) is 1. The first-order valence-electron chi connectivity index (χ1n) is 11.1. The average molecular weight is 496 g/mol. The number of nitrogens with one attached hydrogen (secondary N) is 2. The molecule has 0 saturated carbocycles. The molecule has 176 valence electrons. The number of para-hydroxylation sites is 1. The van der Waals surface area contributed by atoms with E-state index in [-0.39, 0.29) is 16.7 Å². The largest absolute Gasteiger partial charge is 0.379 e. The van der Waals surface area contributed by atoms with Crippen molar-refractivity contribution in [3.63, 3.8) is 0 Å². The number of benzene rings is 2. The molecule has 1 aliphatic rings. The van der Waals surface area contributed by atoms with E-state index in [1.165, 1.54) is 16.4 Å². The highest BCUT2D eigenvalue weighted by atomic mass is 32.2. The smallest absolute Gasteiger partial charge is 0.251 e. The molecule has 4 aromatic rings. The Morgan fingerprint density at radius 2 is 1.82 bits per heavy atom. The summed E-state index contributed by atoms with van der Waals surface area (Å²) in [5.74, 6) is -0.238. The summed E-state index contributed by atoms with van der Waals surface area (Å²) in [4.78, 5) is 17.6. The van der Waals surface area contributed by atoms with Crippen LogP contribution in [0.15, 0.2) is 77.1 Å². The fourth-order valence-corrected chi connectivity index (χ4v) is 6.50. The van der Waals surface area contributed by atoms with Crippen LogP contribution in [0.4, 0.5) is 0 Å². The minimum atomic E-state index is -3.59. The van der Waals surface area contributed by atoms with Gasteiger partial charge in [-0.15, -0.1) is 11.3 Å². The molecule has 3 heterocycles. The van der Waals surface area contributed by atoms with Crippen LogP contribution in [0.2, 0.25) is 0 Å². The van der Waals surface area contributed by atoms with Gasteiger partial charge in [-0.1, -0.05) is 24.3 Å². The SMILES string of the molecule is O=C(NCC(c1cccs1)c1c[nH]c2ccccc12)c1ccc(S(=O)(=O)N2CCOCC2)cc1. The number of thiophene rings is 1. The molecule has 34 heavy (non-hydrogen) atoms. The first-order valence-corrected chi connectivity index (χ1v) is 13.4. The van der Waals surface area contributed by atoms with Gasteiger partial charge in [-0.2, -0.15) is 4.31 Å². The van der Waals surface area contributed by atoms with E-state index in [0.29, 0.717) is 38.4 Å². The van der Waals surface area contributed by atoms with Gasteiger partial charge in [0.05, 0.1) is 18.1 Å². The highest BCUT2D eigenvalue weighted by Crippen LogP contribution is 2.33. The van der Waals surface area contributed by atoms with Crippen molar-refractivity contribution in [3.8, 4) is 0 Å². The molecule has 1 amide bonds. The molecule has 0 aliphatic carbocycles. The van der Waals surface area contributed by atoms with Crippen LogP contribution in [0.1, 0.15) is 26.7 Å². The minimum Gasteiger partial charge on any atom is -0.379 e. The molecule has 0 spiro atoms. The maximum atomic E-state index is 12.9. The fraction of sp³-hybridized carbons (Fsp3) is 0.240. The lowest BCUT2D eigenvalue weighted by Gasteiger charge is -2.26. The number of carbonyl (C=O) groups is 1. The van der Waals surface area contributed by atoms with Crippen LogP contribution < -0.4 is 5.32 Å². The normalized spacial score (nSPS) is 15.9. The average Bonchev–Trinajstić information content (AvgIpc) is 3.56. The van der Waals surface area contributed by atoms with Crippen molar-refractivity contribution in [2.24, 2.45) is 0 Å². The van der Waals surface area contributed by atoms with Crippen LogP contribution in [0.3, 0.4) is 0 Å². The molecular formula is C25H25N3O4S2. The summed E-state index contributed by atoms with van der Waals surface area (Å²) in [6.07, 6.45) is 2.01. The Labute approximate surface area is 202 Å². The third-order valence-electron chi connectivity index (χ3n) is 6.07. The van der Waals surface area contributed by atoms with Crippen molar-refractivity contribution in [1.29, 1.82) is 0 Å². The van der Waals surface area contributed by atoms with Gasteiger partial charge in [0.1, 0.15) is 0 Å². The maximum Gasteiger partial charge on any atom is 0.251 e. The molecule has 1 saturated heterocycles. The highest BCUT2D eigenvalue weighted by molar-refractivity contribution is 7.89. The lowest BCUT2D eigenvalue weighted by molar-refractivity contribution is 0.0730. The van der Waals surface area contributed by atoms with Crippen LogP contribution in [0.25, 0.3) is 10.9 Å². The number of fused-ring (bicyclic) bond motifs is 1. The topological polar surface area (TPSA) is 91.5 Å². The molecule has 7 nitrogen and oxygen atoms in total. The van der Waals surface area contributed by atoms with Gasteiger partial charge in [-0.05, 0) is 47.3 Å². The summed E-state index contributed by atoms with van der Waals surface area (Å²) in [5.41, 5.74) is 2.61. The number of carbonyl (C=O) groups excluding carboxylic acids is 1. The van der Waals surface area contributed by atoms with Crippen molar-refractivity contribution < 1.29 is 17.9 Å².